The smallest absolute Gasteiger partial charge is 0.282 e. The molecule has 0 aromatic heterocycles. The molecule has 1 N–H and O–H groups in total. The molecule has 3 aromatic carbocycles. The second kappa shape index (κ2) is 9.38. The van der Waals surface area contributed by atoms with Crippen molar-refractivity contribution in [1.29, 1.82) is 0 Å². The molecule has 0 radical (unpaired) electrons. The van der Waals surface area contributed by atoms with Crippen LogP contribution in [0.2, 0.25) is 5.02 Å². The number of methoxy groups -OCH3 is 1. The number of rotatable bonds is 7. The van der Waals surface area contributed by atoms with Gasteiger partial charge in [-0.3, -0.25) is 9.59 Å². The van der Waals surface area contributed by atoms with Gasteiger partial charge in [-0.25, -0.2) is 4.90 Å². The van der Waals surface area contributed by atoms with E-state index < -0.39 is 11.8 Å². The normalized spacial score (nSPS) is 13.5. The molecule has 1 aliphatic heterocycles. The van der Waals surface area contributed by atoms with Gasteiger partial charge in [0.1, 0.15) is 17.2 Å². The quantitative estimate of drug-likeness (QED) is 0.473. The summed E-state index contributed by atoms with van der Waals surface area (Å²) in [5.41, 5.74) is 3.04. The van der Waals surface area contributed by atoms with Crippen molar-refractivity contribution in [1.82, 2.24) is 0 Å². The summed E-state index contributed by atoms with van der Waals surface area (Å²) in [6, 6.07) is 19.3. The number of carbonyl (C=O) groups excluding carboxylic acids is 2. The minimum Gasteiger partial charge on any atom is -0.495 e. The van der Waals surface area contributed by atoms with Gasteiger partial charge in [0.2, 0.25) is 0 Å². The van der Waals surface area contributed by atoms with E-state index in [2.05, 4.69) is 5.32 Å². The number of amides is 2. The average molecular weight is 463 g/mol. The number of hydrogen-bond donors (Lipinski definition) is 1. The summed E-state index contributed by atoms with van der Waals surface area (Å²) in [4.78, 5) is 28.2. The lowest BCUT2D eigenvalue weighted by Gasteiger charge is -2.16. The number of benzene rings is 3. The monoisotopic (exact) mass is 462 g/mol. The van der Waals surface area contributed by atoms with Crippen molar-refractivity contribution in [3.8, 4) is 11.5 Å². The maximum atomic E-state index is 13.5. The molecule has 0 saturated carbocycles. The summed E-state index contributed by atoms with van der Waals surface area (Å²) < 4.78 is 11.0. The van der Waals surface area contributed by atoms with Crippen LogP contribution in [0.3, 0.4) is 0 Å². The van der Waals surface area contributed by atoms with Crippen LogP contribution < -0.4 is 19.7 Å². The van der Waals surface area contributed by atoms with Crippen LogP contribution in [-0.2, 0) is 9.59 Å². The topological polar surface area (TPSA) is 67.9 Å². The summed E-state index contributed by atoms with van der Waals surface area (Å²) >= 11 is 6.00. The highest BCUT2D eigenvalue weighted by molar-refractivity contribution is 6.46. The van der Waals surface area contributed by atoms with Gasteiger partial charge >= 0.3 is 0 Å². The number of imide groups is 1. The summed E-state index contributed by atoms with van der Waals surface area (Å²) in [6.45, 7) is 4.37. The van der Waals surface area contributed by atoms with Gasteiger partial charge in [0.25, 0.3) is 11.8 Å². The van der Waals surface area contributed by atoms with Gasteiger partial charge in [-0.05, 0) is 73.5 Å². The molecule has 0 aliphatic carbocycles. The molecule has 7 heteroatoms. The predicted molar refractivity (Wildman–Crippen MR) is 130 cm³/mol. The molecule has 0 bridgehead atoms. The van der Waals surface area contributed by atoms with Crippen LogP contribution >= 0.6 is 11.6 Å². The van der Waals surface area contributed by atoms with Crippen LogP contribution in [0.4, 0.5) is 11.4 Å². The minimum atomic E-state index is -0.463. The lowest BCUT2D eigenvalue weighted by molar-refractivity contribution is -0.120. The fourth-order valence-corrected chi connectivity index (χ4v) is 3.80. The molecule has 0 spiro atoms. The molecule has 0 fully saturated rings. The van der Waals surface area contributed by atoms with Crippen molar-refractivity contribution in [2.75, 3.05) is 23.9 Å². The first-order valence-electron chi connectivity index (χ1n) is 10.5. The number of nitrogens with zero attached hydrogens (tertiary/aromatic N) is 1. The van der Waals surface area contributed by atoms with Crippen LogP contribution in [0.15, 0.2) is 72.4 Å². The first kappa shape index (κ1) is 22.4. The SMILES string of the molecule is CCOc1ccc(C2=C(Nc3cc(C)ccc3OC)C(=O)N(c3ccc(Cl)cc3)C2=O)cc1. The standard InChI is InChI=1S/C26H23ClN2O4/c1-4-33-20-12-6-17(7-13-20)23-24(28-21-15-16(2)5-14-22(21)32-3)26(31)29(25(23)30)19-10-8-18(27)9-11-19/h5-15,28H,4H2,1-3H3. The van der Waals surface area contributed by atoms with Crippen LogP contribution in [-0.4, -0.2) is 25.5 Å². The van der Waals surface area contributed by atoms with E-state index >= 15 is 0 Å². The van der Waals surface area contributed by atoms with Gasteiger partial charge < -0.3 is 14.8 Å². The Bertz CT molecular complexity index is 1230. The van der Waals surface area contributed by atoms with E-state index in [0.717, 1.165) is 10.5 Å². The van der Waals surface area contributed by atoms with Crippen molar-refractivity contribution in [3.05, 3.63) is 88.6 Å². The van der Waals surface area contributed by atoms with Gasteiger partial charge in [-0.15, -0.1) is 0 Å². The first-order chi connectivity index (χ1) is 15.9. The molecule has 168 valence electrons. The molecule has 0 unspecified atom stereocenters. The van der Waals surface area contributed by atoms with Crippen LogP contribution in [0, 0.1) is 6.92 Å². The van der Waals surface area contributed by atoms with Crippen LogP contribution in [0.25, 0.3) is 5.57 Å². The lowest BCUT2D eigenvalue weighted by Crippen LogP contribution is -2.32. The Morgan fingerprint density at radius 2 is 1.64 bits per heavy atom. The highest BCUT2D eigenvalue weighted by Gasteiger charge is 2.40. The van der Waals surface area contributed by atoms with E-state index in [-0.39, 0.29) is 11.3 Å². The molecule has 0 saturated heterocycles. The number of nitrogens with one attached hydrogen (secondary N) is 1. The lowest BCUT2D eigenvalue weighted by atomic mass is 10.0. The predicted octanol–water partition coefficient (Wildman–Crippen LogP) is 5.45. The first-order valence-corrected chi connectivity index (χ1v) is 10.8. The Labute approximate surface area is 197 Å². The van der Waals surface area contributed by atoms with Crippen molar-refractivity contribution in [2.45, 2.75) is 13.8 Å². The largest absolute Gasteiger partial charge is 0.495 e. The van der Waals surface area contributed by atoms with E-state index in [0.29, 0.717) is 40.1 Å². The molecular formula is C26H23ClN2O4. The summed E-state index contributed by atoms with van der Waals surface area (Å²) in [6.07, 6.45) is 0. The fraction of sp³-hybridized carbons (Fsp3) is 0.154. The Hall–Kier alpha value is -3.77. The number of ether oxygens (including phenoxy) is 2. The zero-order chi connectivity index (χ0) is 23.5. The summed E-state index contributed by atoms with van der Waals surface area (Å²) in [7, 11) is 1.55. The third kappa shape index (κ3) is 4.43. The maximum Gasteiger partial charge on any atom is 0.282 e. The van der Waals surface area contributed by atoms with E-state index in [1.165, 1.54) is 0 Å². The maximum absolute atomic E-state index is 13.5. The zero-order valence-electron chi connectivity index (χ0n) is 18.5. The molecule has 33 heavy (non-hydrogen) atoms. The second-order valence-electron chi connectivity index (χ2n) is 7.46. The Kier molecular flexibility index (Phi) is 6.38. The van der Waals surface area contributed by atoms with Crippen molar-refractivity contribution in [3.63, 3.8) is 0 Å². The number of hydrogen-bond acceptors (Lipinski definition) is 5. The number of carbonyl (C=O) groups is 2. The third-order valence-corrected chi connectivity index (χ3v) is 5.49. The molecular weight excluding hydrogens is 440 g/mol. The molecule has 1 aliphatic rings. The number of halogens is 1. The van der Waals surface area contributed by atoms with E-state index in [9.17, 15) is 9.59 Å². The zero-order valence-corrected chi connectivity index (χ0v) is 19.3. The van der Waals surface area contributed by atoms with Crippen molar-refractivity contribution < 1.29 is 19.1 Å². The summed E-state index contributed by atoms with van der Waals surface area (Å²) in [5.74, 6) is 0.350. The second-order valence-corrected chi connectivity index (χ2v) is 7.89. The molecule has 3 aromatic rings. The fourth-order valence-electron chi connectivity index (χ4n) is 3.68. The van der Waals surface area contributed by atoms with Gasteiger partial charge in [-0.2, -0.15) is 0 Å². The Balaban J connectivity index is 1.82. The minimum absolute atomic E-state index is 0.169. The van der Waals surface area contributed by atoms with E-state index in [1.54, 1.807) is 55.6 Å². The van der Waals surface area contributed by atoms with Gasteiger partial charge in [0, 0.05) is 5.02 Å². The number of anilines is 2. The molecule has 1 heterocycles. The molecule has 6 nitrogen and oxygen atoms in total. The molecule has 4 rings (SSSR count). The van der Waals surface area contributed by atoms with Gasteiger partial charge in [-0.1, -0.05) is 29.8 Å². The van der Waals surface area contributed by atoms with Crippen molar-refractivity contribution in [2.24, 2.45) is 0 Å². The highest BCUT2D eigenvalue weighted by Crippen LogP contribution is 2.36. The highest BCUT2D eigenvalue weighted by atomic mass is 35.5. The number of aryl methyl sites for hydroxylation is 1. The molecule has 2 amide bonds. The van der Waals surface area contributed by atoms with Crippen molar-refractivity contribution >= 4 is 40.4 Å². The Morgan fingerprint density at radius 3 is 2.27 bits per heavy atom. The van der Waals surface area contributed by atoms with Gasteiger partial charge in [0.15, 0.2) is 0 Å². The average Bonchev–Trinajstić information content (AvgIpc) is 3.05. The van der Waals surface area contributed by atoms with E-state index in [4.69, 9.17) is 21.1 Å². The summed E-state index contributed by atoms with van der Waals surface area (Å²) in [5, 5.41) is 3.68. The Morgan fingerprint density at radius 1 is 0.939 bits per heavy atom. The van der Waals surface area contributed by atoms with Crippen LogP contribution in [0.5, 0.6) is 11.5 Å². The van der Waals surface area contributed by atoms with Gasteiger partial charge in [0.05, 0.1) is 30.7 Å². The third-order valence-electron chi connectivity index (χ3n) is 5.24. The van der Waals surface area contributed by atoms with E-state index in [1.807, 2.05) is 32.0 Å². The molecule has 0 atom stereocenters. The van der Waals surface area contributed by atoms with Crippen LogP contribution in [0.1, 0.15) is 18.1 Å².